The van der Waals surface area contributed by atoms with Crippen LogP contribution in [0.2, 0.25) is 0 Å². The van der Waals surface area contributed by atoms with E-state index in [1.807, 2.05) is 12.1 Å². The molecule has 0 aromatic heterocycles. The Bertz CT molecular complexity index is 740. The molecule has 26 heavy (non-hydrogen) atoms. The van der Waals surface area contributed by atoms with E-state index in [0.29, 0.717) is 4.91 Å². The number of hydrogen-bond donors (Lipinski definition) is 2. The van der Waals surface area contributed by atoms with Crippen molar-refractivity contribution in [3.8, 4) is 0 Å². The van der Waals surface area contributed by atoms with Gasteiger partial charge < -0.3 is 15.4 Å². The Morgan fingerprint density at radius 2 is 1.62 bits per heavy atom. The van der Waals surface area contributed by atoms with Crippen LogP contribution >= 0.6 is 11.8 Å². The average Bonchev–Trinajstić information content (AvgIpc) is 3.10. The molecule has 2 atom stereocenters. The summed E-state index contributed by atoms with van der Waals surface area (Å²) in [6.07, 6.45) is 1.74. The molecule has 2 aromatic carbocycles. The Kier molecular flexibility index (Phi) is 5.69. The summed E-state index contributed by atoms with van der Waals surface area (Å²) in [7, 11) is 1.40. The van der Waals surface area contributed by atoms with Crippen LogP contribution < -0.4 is 10.6 Å². The van der Waals surface area contributed by atoms with Crippen LogP contribution in [0.3, 0.4) is 0 Å². The summed E-state index contributed by atoms with van der Waals surface area (Å²) in [6, 6.07) is 20.9. The summed E-state index contributed by atoms with van der Waals surface area (Å²) in [6.45, 7) is 4.22. The van der Waals surface area contributed by atoms with Crippen LogP contribution in [-0.2, 0) is 9.53 Å². The summed E-state index contributed by atoms with van der Waals surface area (Å²) >= 11 is 1.50. The zero-order valence-electron chi connectivity index (χ0n) is 15.2. The maximum Gasteiger partial charge on any atom is 0.345 e. The molecule has 0 bridgehead atoms. The van der Waals surface area contributed by atoms with E-state index in [0.717, 1.165) is 0 Å². The summed E-state index contributed by atoms with van der Waals surface area (Å²) in [5, 5.41) is 7.08. The molecule has 0 aliphatic carbocycles. The average molecular weight is 369 g/mol. The Balaban J connectivity index is 1.80. The molecule has 136 valence electrons. The number of carbonyl (C=O) groups is 1. The van der Waals surface area contributed by atoms with Crippen molar-refractivity contribution in [1.82, 2.24) is 10.6 Å². The number of nitrogens with one attached hydrogen (secondary N) is 2. The Morgan fingerprint density at radius 1 is 1.08 bits per heavy atom. The van der Waals surface area contributed by atoms with Crippen LogP contribution in [0.1, 0.15) is 31.0 Å². The highest BCUT2D eigenvalue weighted by Gasteiger charge is 2.39. The lowest BCUT2D eigenvalue weighted by atomic mass is 9.97. The van der Waals surface area contributed by atoms with Crippen molar-refractivity contribution in [3.63, 3.8) is 0 Å². The van der Waals surface area contributed by atoms with E-state index >= 15 is 0 Å². The lowest BCUT2D eigenvalue weighted by Crippen LogP contribution is -2.51. The quantitative estimate of drug-likeness (QED) is 0.759. The Hall–Kier alpha value is -2.24. The minimum absolute atomic E-state index is 0.0637. The van der Waals surface area contributed by atoms with E-state index < -0.39 is 0 Å². The van der Waals surface area contributed by atoms with E-state index in [9.17, 15) is 4.79 Å². The lowest BCUT2D eigenvalue weighted by Gasteiger charge is -2.35. The molecule has 0 spiro atoms. The van der Waals surface area contributed by atoms with E-state index in [-0.39, 0.29) is 22.9 Å². The van der Waals surface area contributed by atoms with Gasteiger partial charge in [0.2, 0.25) is 0 Å². The molecule has 1 unspecified atom stereocenters. The van der Waals surface area contributed by atoms with E-state index in [2.05, 4.69) is 73.0 Å². The fourth-order valence-electron chi connectivity index (χ4n) is 3.00. The van der Waals surface area contributed by atoms with Crippen molar-refractivity contribution in [1.29, 1.82) is 0 Å². The van der Waals surface area contributed by atoms with Crippen molar-refractivity contribution in [2.24, 2.45) is 0 Å². The SMILES string of the molecule is COC(=O)C1=CNC(C)([C@@H](C)NC(c2ccccc2)c2ccccc2)S1. The van der Waals surface area contributed by atoms with Crippen molar-refractivity contribution in [2.75, 3.05) is 7.11 Å². The fourth-order valence-corrected chi connectivity index (χ4v) is 4.10. The smallest absolute Gasteiger partial charge is 0.345 e. The summed E-state index contributed by atoms with van der Waals surface area (Å²) in [4.78, 5) is 12.1. The van der Waals surface area contributed by atoms with Crippen LogP contribution in [0.25, 0.3) is 0 Å². The predicted octanol–water partition coefficient (Wildman–Crippen LogP) is 3.82. The van der Waals surface area contributed by atoms with Gasteiger partial charge in [0.1, 0.15) is 9.78 Å². The van der Waals surface area contributed by atoms with Gasteiger partial charge in [0.05, 0.1) is 13.2 Å². The summed E-state index contributed by atoms with van der Waals surface area (Å²) < 4.78 is 4.84. The molecule has 0 fully saturated rings. The zero-order valence-corrected chi connectivity index (χ0v) is 16.0. The number of hydrogen-bond acceptors (Lipinski definition) is 5. The molecule has 1 aliphatic heterocycles. The van der Waals surface area contributed by atoms with Gasteiger partial charge in [0.25, 0.3) is 0 Å². The highest BCUT2D eigenvalue weighted by Crippen LogP contribution is 2.39. The predicted molar refractivity (Wildman–Crippen MR) is 107 cm³/mol. The van der Waals surface area contributed by atoms with Gasteiger partial charge in [-0.3, -0.25) is 0 Å². The summed E-state index contributed by atoms with van der Waals surface area (Å²) in [5.41, 5.74) is 2.41. The highest BCUT2D eigenvalue weighted by atomic mass is 32.2. The maximum absolute atomic E-state index is 11.8. The molecule has 0 saturated heterocycles. The van der Waals surface area contributed by atoms with E-state index in [1.54, 1.807) is 6.20 Å². The molecular formula is C21H24N2O2S. The molecule has 0 saturated carbocycles. The Morgan fingerprint density at radius 3 is 2.12 bits per heavy atom. The minimum atomic E-state index is -0.342. The molecule has 1 aliphatic rings. The third kappa shape index (κ3) is 3.94. The van der Waals surface area contributed by atoms with Gasteiger partial charge in [-0.25, -0.2) is 4.79 Å². The number of carbonyl (C=O) groups excluding carboxylic acids is 1. The monoisotopic (exact) mass is 368 g/mol. The first-order valence-electron chi connectivity index (χ1n) is 8.64. The second kappa shape index (κ2) is 7.98. The third-order valence-electron chi connectivity index (χ3n) is 4.71. The van der Waals surface area contributed by atoms with Crippen molar-refractivity contribution in [3.05, 3.63) is 82.9 Å². The van der Waals surface area contributed by atoms with E-state index in [1.165, 1.54) is 30.0 Å². The molecule has 3 rings (SSSR count). The first kappa shape index (κ1) is 18.5. The number of thioether (sulfide) groups is 1. The molecule has 5 heteroatoms. The third-order valence-corrected chi connectivity index (χ3v) is 6.11. The van der Waals surface area contributed by atoms with Gasteiger partial charge in [-0.1, -0.05) is 72.4 Å². The highest BCUT2D eigenvalue weighted by molar-refractivity contribution is 8.05. The van der Waals surface area contributed by atoms with Crippen LogP contribution in [0.4, 0.5) is 0 Å². The molecule has 2 aromatic rings. The minimum Gasteiger partial charge on any atom is -0.465 e. The van der Waals surface area contributed by atoms with Crippen molar-refractivity contribution < 1.29 is 9.53 Å². The normalized spacial score (nSPS) is 20.4. The second-order valence-corrected chi connectivity index (χ2v) is 7.99. The molecular weight excluding hydrogens is 344 g/mol. The van der Waals surface area contributed by atoms with Gasteiger partial charge in [0.15, 0.2) is 0 Å². The number of rotatable bonds is 6. The fraction of sp³-hybridized carbons (Fsp3) is 0.286. The van der Waals surface area contributed by atoms with Crippen LogP contribution in [0.5, 0.6) is 0 Å². The molecule has 1 heterocycles. The standard InChI is InChI=1S/C21H24N2O2S/c1-15(21(2)22-14-18(26-21)20(24)25-3)23-19(16-10-6-4-7-11-16)17-12-8-5-9-13-17/h4-15,19,22-23H,1-3H3/t15-,21?/m1/s1. The van der Waals surface area contributed by atoms with Gasteiger partial charge in [-0.05, 0) is 25.0 Å². The van der Waals surface area contributed by atoms with Crippen LogP contribution in [0, 0.1) is 0 Å². The number of ether oxygens (including phenoxy) is 1. The first-order chi connectivity index (χ1) is 12.5. The largest absolute Gasteiger partial charge is 0.465 e. The van der Waals surface area contributed by atoms with Crippen LogP contribution in [0.15, 0.2) is 71.8 Å². The lowest BCUT2D eigenvalue weighted by molar-refractivity contribution is -0.135. The molecule has 4 nitrogen and oxygen atoms in total. The number of methoxy groups -OCH3 is 1. The molecule has 0 radical (unpaired) electrons. The van der Waals surface area contributed by atoms with Crippen molar-refractivity contribution >= 4 is 17.7 Å². The van der Waals surface area contributed by atoms with Gasteiger partial charge in [0, 0.05) is 12.2 Å². The topological polar surface area (TPSA) is 50.4 Å². The Labute approximate surface area is 159 Å². The van der Waals surface area contributed by atoms with E-state index in [4.69, 9.17) is 4.74 Å². The first-order valence-corrected chi connectivity index (χ1v) is 9.46. The van der Waals surface area contributed by atoms with Crippen LogP contribution in [-0.4, -0.2) is 24.0 Å². The molecule has 2 N–H and O–H groups in total. The van der Waals surface area contributed by atoms with Gasteiger partial charge >= 0.3 is 5.97 Å². The second-order valence-electron chi connectivity index (χ2n) is 6.50. The van der Waals surface area contributed by atoms with Gasteiger partial charge in [-0.2, -0.15) is 0 Å². The zero-order chi connectivity index (χ0) is 18.6. The van der Waals surface area contributed by atoms with Crippen molar-refractivity contribution in [2.45, 2.75) is 30.8 Å². The number of benzene rings is 2. The maximum atomic E-state index is 11.8. The summed E-state index contributed by atoms with van der Waals surface area (Å²) in [5.74, 6) is -0.305. The van der Waals surface area contributed by atoms with Gasteiger partial charge in [-0.15, -0.1) is 0 Å². The number of esters is 1. The molecule has 0 amide bonds.